The van der Waals surface area contributed by atoms with Crippen LogP contribution in [-0.4, -0.2) is 31.4 Å². The van der Waals surface area contributed by atoms with Crippen LogP contribution in [0.2, 0.25) is 10.0 Å². The molecule has 5 nitrogen and oxygen atoms in total. The van der Waals surface area contributed by atoms with Gasteiger partial charge in [0.25, 0.3) is 0 Å². The monoisotopic (exact) mass is 455 g/mol. The highest BCUT2D eigenvalue weighted by atomic mass is 35.5. The lowest BCUT2D eigenvalue weighted by atomic mass is 10.2. The molecule has 0 aliphatic carbocycles. The Labute approximate surface area is 178 Å². The lowest BCUT2D eigenvalue weighted by molar-refractivity contribution is 0.521. The zero-order chi connectivity index (χ0) is 20.6. The molecule has 0 aliphatic rings. The van der Waals surface area contributed by atoms with E-state index in [1.807, 2.05) is 36.1 Å². The molecule has 0 saturated heterocycles. The number of aromatic nitrogens is 1. The van der Waals surface area contributed by atoms with Crippen LogP contribution in [0.3, 0.4) is 0 Å². The molecule has 0 unspecified atom stereocenters. The van der Waals surface area contributed by atoms with Gasteiger partial charge >= 0.3 is 0 Å². The molecule has 0 saturated carbocycles. The fourth-order valence-electron chi connectivity index (χ4n) is 2.64. The number of thiazole rings is 1. The van der Waals surface area contributed by atoms with Crippen LogP contribution in [-0.2, 0) is 17.1 Å². The van der Waals surface area contributed by atoms with Gasteiger partial charge in [-0.3, -0.25) is 0 Å². The fraction of sp³-hybridized carbons (Fsp3) is 0.211. The number of sulfonamides is 1. The van der Waals surface area contributed by atoms with Crippen molar-refractivity contribution in [2.45, 2.75) is 11.8 Å². The minimum Gasteiger partial charge on any atom is -0.320 e. The van der Waals surface area contributed by atoms with Gasteiger partial charge < -0.3 is 4.57 Å². The predicted octanol–water partition coefficient (Wildman–Crippen LogP) is 4.85. The van der Waals surface area contributed by atoms with Crippen molar-refractivity contribution in [2.75, 3.05) is 14.1 Å². The van der Waals surface area contributed by atoms with Gasteiger partial charge in [-0.2, -0.15) is 0 Å². The summed E-state index contributed by atoms with van der Waals surface area (Å²) in [6, 6.07) is 10.5. The third kappa shape index (κ3) is 4.04. The van der Waals surface area contributed by atoms with E-state index in [0.29, 0.717) is 5.02 Å². The van der Waals surface area contributed by atoms with E-state index in [0.717, 1.165) is 31.6 Å². The normalized spacial score (nSPS) is 12.8. The molecule has 0 fully saturated rings. The SMILES string of the molecule is Cc1cc(Cl)ccc1N=c1scc(-c2ccc(Cl)c(S(=O)(=O)N(C)C)c2)n1C. The molecule has 28 heavy (non-hydrogen) atoms. The van der Waals surface area contributed by atoms with Crippen LogP contribution in [0.5, 0.6) is 0 Å². The highest BCUT2D eigenvalue weighted by Crippen LogP contribution is 2.30. The molecule has 2 aromatic carbocycles. The Morgan fingerprint density at radius 1 is 1.11 bits per heavy atom. The summed E-state index contributed by atoms with van der Waals surface area (Å²) in [5.74, 6) is 0. The van der Waals surface area contributed by atoms with Crippen molar-refractivity contribution >= 4 is 50.2 Å². The molecule has 0 aliphatic heterocycles. The second kappa shape index (κ2) is 8.00. The minimum atomic E-state index is -3.64. The number of nitrogens with zero attached hydrogens (tertiary/aromatic N) is 3. The Hall–Kier alpha value is -1.64. The van der Waals surface area contributed by atoms with Crippen molar-refractivity contribution in [2.24, 2.45) is 12.0 Å². The number of benzene rings is 2. The maximum atomic E-state index is 12.5. The Morgan fingerprint density at radius 3 is 2.46 bits per heavy atom. The van der Waals surface area contributed by atoms with Crippen molar-refractivity contribution in [1.29, 1.82) is 0 Å². The molecular weight excluding hydrogens is 437 g/mol. The molecule has 9 heteroatoms. The van der Waals surface area contributed by atoms with Crippen molar-refractivity contribution in [3.63, 3.8) is 0 Å². The van der Waals surface area contributed by atoms with E-state index < -0.39 is 10.0 Å². The first-order valence-corrected chi connectivity index (χ1v) is 11.4. The summed E-state index contributed by atoms with van der Waals surface area (Å²) in [6.45, 7) is 1.96. The van der Waals surface area contributed by atoms with Gasteiger partial charge in [0, 0.05) is 37.1 Å². The molecule has 3 rings (SSSR count). The van der Waals surface area contributed by atoms with Gasteiger partial charge in [0.2, 0.25) is 10.0 Å². The van der Waals surface area contributed by atoms with Crippen molar-refractivity contribution < 1.29 is 8.42 Å². The standard InChI is InChI=1S/C19H19Cl2N3O2S2/c1-12-9-14(20)6-8-16(12)22-19-24(4)17(11-27-19)13-5-7-15(21)18(10-13)28(25,26)23(2)3/h5-11H,1-4H3. The number of hydrogen-bond donors (Lipinski definition) is 0. The Morgan fingerprint density at radius 2 is 1.82 bits per heavy atom. The number of rotatable bonds is 4. The van der Waals surface area contributed by atoms with Gasteiger partial charge in [0.05, 0.1) is 16.4 Å². The maximum absolute atomic E-state index is 12.5. The van der Waals surface area contributed by atoms with Crippen LogP contribution in [0.1, 0.15) is 5.56 Å². The molecule has 148 valence electrons. The predicted molar refractivity (Wildman–Crippen MR) is 116 cm³/mol. The fourth-order valence-corrected chi connectivity index (χ4v) is 5.18. The zero-order valence-corrected chi connectivity index (χ0v) is 18.9. The first kappa shape index (κ1) is 21.1. The highest BCUT2D eigenvalue weighted by molar-refractivity contribution is 7.89. The molecule has 3 aromatic rings. The summed E-state index contributed by atoms with van der Waals surface area (Å²) < 4.78 is 28.2. The van der Waals surface area contributed by atoms with E-state index in [-0.39, 0.29) is 9.92 Å². The van der Waals surface area contributed by atoms with E-state index in [1.165, 1.54) is 25.4 Å². The summed E-state index contributed by atoms with van der Waals surface area (Å²) in [5.41, 5.74) is 3.41. The summed E-state index contributed by atoms with van der Waals surface area (Å²) in [4.78, 5) is 5.58. The summed E-state index contributed by atoms with van der Waals surface area (Å²) in [6.07, 6.45) is 0. The van der Waals surface area contributed by atoms with E-state index in [1.54, 1.807) is 24.3 Å². The summed E-state index contributed by atoms with van der Waals surface area (Å²) >= 11 is 13.6. The molecular formula is C19H19Cl2N3O2S2. The third-order valence-electron chi connectivity index (χ3n) is 4.28. The van der Waals surface area contributed by atoms with E-state index in [2.05, 4.69) is 0 Å². The van der Waals surface area contributed by atoms with Gasteiger partial charge in [-0.25, -0.2) is 17.7 Å². The number of halogens is 2. The Bertz CT molecular complexity index is 1210. The van der Waals surface area contributed by atoms with Crippen molar-refractivity contribution in [3.05, 3.63) is 62.2 Å². The van der Waals surface area contributed by atoms with Crippen LogP contribution < -0.4 is 4.80 Å². The van der Waals surface area contributed by atoms with Crippen LogP contribution in [0.25, 0.3) is 11.3 Å². The van der Waals surface area contributed by atoms with Crippen molar-refractivity contribution in [3.8, 4) is 11.3 Å². The van der Waals surface area contributed by atoms with E-state index >= 15 is 0 Å². The van der Waals surface area contributed by atoms with Crippen LogP contribution in [0, 0.1) is 6.92 Å². The zero-order valence-electron chi connectivity index (χ0n) is 15.8. The number of hydrogen-bond acceptors (Lipinski definition) is 4. The molecule has 0 N–H and O–H groups in total. The molecule has 0 spiro atoms. The summed E-state index contributed by atoms with van der Waals surface area (Å²) in [5, 5.41) is 2.81. The first-order valence-electron chi connectivity index (χ1n) is 8.29. The van der Waals surface area contributed by atoms with Gasteiger partial charge in [0.1, 0.15) is 4.90 Å². The lowest BCUT2D eigenvalue weighted by Crippen LogP contribution is -2.22. The van der Waals surface area contributed by atoms with Gasteiger partial charge in [-0.05, 0) is 42.8 Å². The quantitative estimate of drug-likeness (QED) is 0.564. The molecule has 1 aromatic heterocycles. The Balaban J connectivity index is 2.11. The topological polar surface area (TPSA) is 54.7 Å². The van der Waals surface area contributed by atoms with Gasteiger partial charge in [0.15, 0.2) is 4.80 Å². The lowest BCUT2D eigenvalue weighted by Gasteiger charge is -2.14. The van der Waals surface area contributed by atoms with E-state index in [4.69, 9.17) is 28.2 Å². The average molecular weight is 456 g/mol. The summed E-state index contributed by atoms with van der Waals surface area (Å²) in [7, 11) is 1.21. The molecule has 1 heterocycles. The largest absolute Gasteiger partial charge is 0.320 e. The smallest absolute Gasteiger partial charge is 0.244 e. The van der Waals surface area contributed by atoms with E-state index in [9.17, 15) is 8.42 Å². The van der Waals surface area contributed by atoms with Gasteiger partial charge in [-0.15, -0.1) is 11.3 Å². The average Bonchev–Trinajstić information content (AvgIpc) is 2.98. The van der Waals surface area contributed by atoms with Crippen LogP contribution in [0.4, 0.5) is 5.69 Å². The Kier molecular flexibility index (Phi) is 6.03. The number of aryl methyl sites for hydroxylation is 1. The first-order chi connectivity index (χ1) is 13.1. The molecule has 0 amide bonds. The van der Waals surface area contributed by atoms with Gasteiger partial charge in [-0.1, -0.05) is 29.3 Å². The second-order valence-electron chi connectivity index (χ2n) is 6.44. The minimum absolute atomic E-state index is 0.0786. The highest BCUT2D eigenvalue weighted by Gasteiger charge is 2.22. The third-order valence-corrected chi connectivity index (χ3v) is 7.73. The molecule has 0 atom stereocenters. The van der Waals surface area contributed by atoms with Crippen molar-refractivity contribution in [1.82, 2.24) is 8.87 Å². The molecule has 0 bridgehead atoms. The maximum Gasteiger partial charge on any atom is 0.244 e. The second-order valence-corrected chi connectivity index (χ2v) is 10.2. The van der Waals surface area contributed by atoms with Crippen LogP contribution >= 0.6 is 34.5 Å². The molecule has 0 radical (unpaired) electrons. The van der Waals surface area contributed by atoms with Crippen LogP contribution in [0.15, 0.2) is 51.7 Å².